The Kier molecular flexibility index (Phi) is 7.93. The van der Waals surface area contributed by atoms with Crippen molar-refractivity contribution in [1.29, 1.82) is 0 Å². The van der Waals surface area contributed by atoms with Gasteiger partial charge in [-0.25, -0.2) is 8.42 Å². The first-order valence-electron chi connectivity index (χ1n) is 9.36. The van der Waals surface area contributed by atoms with Gasteiger partial charge in [0.15, 0.2) is 0 Å². The van der Waals surface area contributed by atoms with Crippen LogP contribution in [0.1, 0.15) is 24.5 Å². The third kappa shape index (κ3) is 6.37. The summed E-state index contributed by atoms with van der Waals surface area (Å²) in [5, 5.41) is 3.17. The van der Waals surface area contributed by atoms with Crippen molar-refractivity contribution in [3.05, 3.63) is 58.6 Å². The summed E-state index contributed by atoms with van der Waals surface area (Å²) in [5.41, 5.74) is 2.46. The maximum Gasteiger partial charge on any atom is 0.244 e. The van der Waals surface area contributed by atoms with Crippen LogP contribution < -0.4 is 14.4 Å². The number of rotatable bonds is 9. The zero-order chi connectivity index (χ0) is 21.6. The number of halogens is 1. The van der Waals surface area contributed by atoms with Gasteiger partial charge in [0.25, 0.3) is 0 Å². The number of hydrogen-bond donors (Lipinski definition) is 1. The lowest BCUT2D eigenvalue weighted by molar-refractivity contribution is -0.122. The van der Waals surface area contributed by atoms with Gasteiger partial charge in [-0.15, -0.1) is 0 Å². The lowest BCUT2D eigenvalue weighted by atomic mass is 10.1. The van der Waals surface area contributed by atoms with Crippen molar-refractivity contribution in [2.24, 2.45) is 0 Å². The second kappa shape index (κ2) is 9.98. The van der Waals surface area contributed by atoms with Crippen LogP contribution in [0.5, 0.6) is 5.75 Å². The molecule has 0 unspecified atom stereocenters. The quantitative estimate of drug-likeness (QED) is 0.606. The van der Waals surface area contributed by atoms with E-state index in [9.17, 15) is 13.2 Å². The monoisotopic (exact) mass is 438 g/mol. The summed E-state index contributed by atoms with van der Waals surface area (Å²) < 4.78 is 31.7. The second-order valence-corrected chi connectivity index (χ2v) is 9.17. The molecule has 1 atom stereocenters. The van der Waals surface area contributed by atoms with Crippen LogP contribution in [-0.4, -0.2) is 39.8 Å². The minimum Gasteiger partial charge on any atom is -0.491 e. The Balaban J connectivity index is 2.06. The molecular weight excluding hydrogens is 412 g/mol. The summed E-state index contributed by atoms with van der Waals surface area (Å²) in [6.45, 7) is 6.24. The number of hydrogen-bond acceptors (Lipinski definition) is 4. The van der Waals surface area contributed by atoms with Crippen LogP contribution in [0.25, 0.3) is 0 Å². The molecule has 2 aromatic rings. The largest absolute Gasteiger partial charge is 0.491 e. The zero-order valence-corrected chi connectivity index (χ0v) is 18.7. The van der Waals surface area contributed by atoms with Gasteiger partial charge < -0.3 is 10.1 Å². The van der Waals surface area contributed by atoms with E-state index in [1.807, 2.05) is 32.0 Å². The fraction of sp³-hybridized carbons (Fsp3) is 0.381. The van der Waals surface area contributed by atoms with Crippen LogP contribution in [0.15, 0.2) is 42.5 Å². The van der Waals surface area contributed by atoms with Crippen LogP contribution in [-0.2, 0) is 14.8 Å². The first-order valence-corrected chi connectivity index (χ1v) is 11.6. The number of carbonyl (C=O) groups excluding carboxylic acids is 1. The molecule has 0 bridgehead atoms. The molecule has 29 heavy (non-hydrogen) atoms. The molecule has 1 N–H and O–H groups in total. The Morgan fingerprint density at radius 3 is 2.55 bits per heavy atom. The minimum atomic E-state index is -3.69. The molecule has 0 fully saturated rings. The Morgan fingerprint density at radius 1 is 1.21 bits per heavy atom. The Morgan fingerprint density at radius 2 is 1.93 bits per heavy atom. The molecule has 0 aromatic heterocycles. The highest BCUT2D eigenvalue weighted by molar-refractivity contribution is 7.92. The van der Waals surface area contributed by atoms with Crippen molar-refractivity contribution in [2.45, 2.75) is 33.2 Å². The maximum atomic E-state index is 12.7. The third-order valence-corrected chi connectivity index (χ3v) is 5.81. The second-order valence-electron chi connectivity index (χ2n) is 6.87. The predicted molar refractivity (Wildman–Crippen MR) is 117 cm³/mol. The SMILES string of the molecule is CC[C@H](C(=O)NCCOc1cc(C)ccc1C)N(c1cccc(Cl)c1)S(C)(=O)=O. The Hall–Kier alpha value is -2.25. The average Bonchev–Trinajstić information content (AvgIpc) is 2.64. The first kappa shape index (κ1) is 23.0. The number of nitrogens with zero attached hydrogens (tertiary/aromatic N) is 1. The van der Waals surface area contributed by atoms with Gasteiger partial charge in [-0.3, -0.25) is 9.10 Å². The van der Waals surface area contributed by atoms with E-state index >= 15 is 0 Å². The number of benzene rings is 2. The molecule has 0 heterocycles. The molecule has 8 heteroatoms. The number of sulfonamides is 1. The average molecular weight is 439 g/mol. The fourth-order valence-corrected chi connectivity index (χ4v) is 4.38. The standard InChI is InChI=1S/C21H27ClN2O4S/c1-5-19(24(29(4,26)27)18-8-6-7-17(22)14-18)21(25)23-11-12-28-20-13-15(2)9-10-16(20)3/h6-10,13-14,19H,5,11-12H2,1-4H3,(H,23,25)/t19-/m1/s1. The molecule has 2 rings (SSSR count). The van der Waals surface area contributed by atoms with E-state index in [4.69, 9.17) is 16.3 Å². The van der Waals surface area contributed by atoms with Gasteiger partial charge in [-0.2, -0.15) is 0 Å². The number of aryl methyl sites for hydroxylation is 2. The lowest BCUT2D eigenvalue weighted by Gasteiger charge is -2.30. The van der Waals surface area contributed by atoms with E-state index in [2.05, 4.69) is 5.32 Å². The number of amides is 1. The van der Waals surface area contributed by atoms with Crippen LogP contribution in [0.3, 0.4) is 0 Å². The molecule has 0 saturated heterocycles. The van der Waals surface area contributed by atoms with Gasteiger partial charge in [-0.1, -0.05) is 36.7 Å². The number of anilines is 1. The van der Waals surface area contributed by atoms with Crippen molar-refractivity contribution in [3.8, 4) is 5.75 Å². The van der Waals surface area contributed by atoms with Gasteiger partial charge in [0.2, 0.25) is 15.9 Å². The van der Waals surface area contributed by atoms with Gasteiger partial charge in [-0.05, 0) is 55.7 Å². The van der Waals surface area contributed by atoms with Crippen LogP contribution in [0.4, 0.5) is 5.69 Å². The molecular formula is C21H27ClN2O4S. The van der Waals surface area contributed by atoms with Gasteiger partial charge in [0, 0.05) is 5.02 Å². The predicted octanol–water partition coefficient (Wildman–Crippen LogP) is 3.70. The van der Waals surface area contributed by atoms with E-state index in [-0.39, 0.29) is 19.1 Å². The molecule has 0 spiro atoms. The summed E-state index contributed by atoms with van der Waals surface area (Å²) in [6, 6.07) is 11.5. The molecule has 0 radical (unpaired) electrons. The molecule has 0 saturated carbocycles. The van der Waals surface area contributed by atoms with Gasteiger partial charge in [0.05, 0.1) is 18.5 Å². The maximum absolute atomic E-state index is 12.7. The molecule has 6 nitrogen and oxygen atoms in total. The number of carbonyl (C=O) groups is 1. The van der Waals surface area contributed by atoms with Crippen LogP contribution >= 0.6 is 11.6 Å². The fourth-order valence-electron chi connectivity index (χ4n) is 2.99. The number of ether oxygens (including phenoxy) is 1. The summed E-state index contributed by atoms with van der Waals surface area (Å²) in [4.78, 5) is 12.7. The summed E-state index contributed by atoms with van der Waals surface area (Å²) in [5.74, 6) is 0.380. The molecule has 1 amide bonds. The molecule has 0 aliphatic carbocycles. The Labute approximate surface area is 177 Å². The molecule has 2 aromatic carbocycles. The third-order valence-electron chi connectivity index (χ3n) is 4.39. The molecule has 0 aliphatic heterocycles. The van der Waals surface area contributed by atoms with E-state index < -0.39 is 16.1 Å². The smallest absolute Gasteiger partial charge is 0.244 e. The highest BCUT2D eigenvalue weighted by Crippen LogP contribution is 2.25. The van der Waals surface area contributed by atoms with Crippen molar-refractivity contribution in [3.63, 3.8) is 0 Å². The van der Waals surface area contributed by atoms with Crippen molar-refractivity contribution in [1.82, 2.24) is 5.32 Å². The summed E-state index contributed by atoms with van der Waals surface area (Å²) in [7, 11) is -3.69. The summed E-state index contributed by atoms with van der Waals surface area (Å²) in [6.07, 6.45) is 1.39. The molecule has 0 aliphatic rings. The van der Waals surface area contributed by atoms with E-state index in [0.717, 1.165) is 27.4 Å². The van der Waals surface area contributed by atoms with Crippen molar-refractivity contribution in [2.75, 3.05) is 23.7 Å². The normalized spacial score (nSPS) is 12.3. The number of nitrogens with one attached hydrogen (secondary N) is 1. The van der Waals surface area contributed by atoms with Crippen LogP contribution in [0, 0.1) is 13.8 Å². The van der Waals surface area contributed by atoms with Crippen molar-refractivity contribution < 1.29 is 17.9 Å². The van der Waals surface area contributed by atoms with Gasteiger partial charge >= 0.3 is 0 Å². The van der Waals surface area contributed by atoms with Crippen LogP contribution in [0.2, 0.25) is 5.02 Å². The summed E-state index contributed by atoms with van der Waals surface area (Å²) >= 11 is 6.01. The topological polar surface area (TPSA) is 75.7 Å². The van der Waals surface area contributed by atoms with Gasteiger partial charge in [0.1, 0.15) is 18.4 Å². The zero-order valence-electron chi connectivity index (χ0n) is 17.1. The van der Waals surface area contributed by atoms with E-state index in [1.54, 1.807) is 25.1 Å². The highest BCUT2D eigenvalue weighted by Gasteiger charge is 2.31. The highest BCUT2D eigenvalue weighted by atomic mass is 35.5. The first-order chi connectivity index (χ1) is 13.6. The molecule has 158 valence electrons. The van der Waals surface area contributed by atoms with Crippen molar-refractivity contribution >= 4 is 33.2 Å². The van der Waals surface area contributed by atoms with E-state index in [1.165, 1.54) is 6.07 Å². The lowest BCUT2D eigenvalue weighted by Crippen LogP contribution is -2.50. The van der Waals surface area contributed by atoms with E-state index in [0.29, 0.717) is 17.1 Å². The minimum absolute atomic E-state index is 0.260. The Bertz CT molecular complexity index is 963.